The van der Waals surface area contributed by atoms with Crippen LogP contribution in [-0.2, 0) is 0 Å². The number of carbonyl (C=O) groups excluding carboxylic acids is 1. The van der Waals surface area contributed by atoms with Gasteiger partial charge in [0.05, 0.1) is 0 Å². The number of carbonyl (C=O) groups is 1. The normalized spacial score (nSPS) is 16.8. The molecule has 28 heavy (non-hydrogen) atoms. The average Bonchev–Trinajstić information content (AvgIpc) is 2.79. The Morgan fingerprint density at radius 2 is 1.86 bits per heavy atom. The third-order valence-electron chi connectivity index (χ3n) is 5.31. The lowest BCUT2D eigenvalue weighted by molar-refractivity contribution is 0.0746. The van der Waals surface area contributed by atoms with Crippen molar-refractivity contribution in [2.75, 3.05) is 31.1 Å². The molecule has 2 aromatic rings. The molecule has 0 N–H and O–H groups in total. The van der Waals surface area contributed by atoms with E-state index in [-0.39, 0.29) is 5.91 Å². The lowest BCUT2D eigenvalue weighted by atomic mass is 9.99. The molecule has 1 aromatic carbocycles. The van der Waals surface area contributed by atoms with Gasteiger partial charge in [-0.25, -0.2) is 4.98 Å². The van der Waals surface area contributed by atoms with Crippen molar-refractivity contribution < 1.29 is 4.79 Å². The zero-order chi connectivity index (χ0) is 19.2. The lowest BCUT2D eigenvalue weighted by Gasteiger charge is -2.35. The Balaban J connectivity index is 1.40. The van der Waals surface area contributed by atoms with Crippen LogP contribution in [-0.4, -0.2) is 42.0 Å². The Hall–Kier alpha value is -3.06. The Bertz CT molecular complexity index is 916. The van der Waals surface area contributed by atoms with Crippen LogP contribution in [0, 0.1) is 11.8 Å². The summed E-state index contributed by atoms with van der Waals surface area (Å²) in [6, 6.07) is 13.6. The lowest BCUT2D eigenvalue weighted by Crippen LogP contribution is -2.49. The highest BCUT2D eigenvalue weighted by molar-refractivity contribution is 5.94. The molecule has 1 saturated heterocycles. The monoisotopic (exact) mass is 371 g/mol. The SMILES string of the molecule is O=C(c1cccc(C#CC2=CCCCC2)c1)N1CCN(c2ccccn2)CC1. The molecule has 4 nitrogen and oxygen atoms in total. The van der Waals surface area contributed by atoms with Gasteiger partial charge in [-0.1, -0.05) is 30.0 Å². The molecule has 0 saturated carbocycles. The van der Waals surface area contributed by atoms with Crippen LogP contribution >= 0.6 is 0 Å². The molecule has 1 aromatic heterocycles. The van der Waals surface area contributed by atoms with Crippen molar-refractivity contribution in [3.63, 3.8) is 0 Å². The highest BCUT2D eigenvalue weighted by Crippen LogP contribution is 2.17. The van der Waals surface area contributed by atoms with Gasteiger partial charge in [0.15, 0.2) is 0 Å². The molecule has 142 valence electrons. The third kappa shape index (κ3) is 4.43. The van der Waals surface area contributed by atoms with Gasteiger partial charge in [0.2, 0.25) is 0 Å². The number of pyridine rings is 1. The number of nitrogens with zero attached hydrogens (tertiary/aromatic N) is 3. The highest BCUT2D eigenvalue weighted by atomic mass is 16.2. The molecule has 1 amide bonds. The number of amides is 1. The summed E-state index contributed by atoms with van der Waals surface area (Å²) >= 11 is 0. The van der Waals surface area contributed by atoms with Gasteiger partial charge in [0, 0.05) is 43.5 Å². The molecule has 4 rings (SSSR count). The van der Waals surface area contributed by atoms with Crippen molar-refractivity contribution in [3.05, 3.63) is 71.4 Å². The molecule has 1 aliphatic heterocycles. The molecule has 0 bridgehead atoms. The van der Waals surface area contributed by atoms with Crippen molar-refractivity contribution in [2.45, 2.75) is 25.7 Å². The molecule has 0 unspecified atom stereocenters. The molecule has 0 spiro atoms. The van der Waals surface area contributed by atoms with Gasteiger partial charge in [0.25, 0.3) is 5.91 Å². The fourth-order valence-electron chi connectivity index (χ4n) is 3.70. The van der Waals surface area contributed by atoms with Crippen LogP contribution < -0.4 is 4.90 Å². The fraction of sp³-hybridized carbons (Fsp3) is 0.333. The predicted molar refractivity (Wildman–Crippen MR) is 112 cm³/mol. The van der Waals surface area contributed by atoms with Crippen molar-refractivity contribution >= 4 is 11.7 Å². The van der Waals surface area contributed by atoms with Gasteiger partial charge in [-0.3, -0.25) is 4.79 Å². The zero-order valence-electron chi connectivity index (χ0n) is 16.1. The smallest absolute Gasteiger partial charge is 0.254 e. The summed E-state index contributed by atoms with van der Waals surface area (Å²) in [5.41, 5.74) is 2.86. The molecule has 2 heterocycles. The maximum Gasteiger partial charge on any atom is 0.254 e. The minimum Gasteiger partial charge on any atom is -0.353 e. The topological polar surface area (TPSA) is 36.4 Å². The number of anilines is 1. The Labute approximate surface area is 166 Å². The van der Waals surface area contributed by atoms with Gasteiger partial charge < -0.3 is 9.80 Å². The second-order valence-electron chi connectivity index (χ2n) is 7.27. The molecular formula is C24H25N3O. The zero-order valence-corrected chi connectivity index (χ0v) is 16.1. The highest BCUT2D eigenvalue weighted by Gasteiger charge is 2.22. The van der Waals surface area contributed by atoms with Crippen LogP contribution in [0.3, 0.4) is 0 Å². The summed E-state index contributed by atoms with van der Waals surface area (Å²) < 4.78 is 0. The summed E-state index contributed by atoms with van der Waals surface area (Å²) in [6.07, 6.45) is 8.75. The van der Waals surface area contributed by atoms with E-state index in [1.807, 2.05) is 53.6 Å². The van der Waals surface area contributed by atoms with E-state index in [1.165, 1.54) is 18.4 Å². The van der Waals surface area contributed by atoms with Crippen LogP contribution in [0.25, 0.3) is 0 Å². The largest absolute Gasteiger partial charge is 0.353 e. The standard InChI is InChI=1S/C24H25N3O/c28-24(27-17-15-26(16-18-27)23-11-4-5-14-25-23)22-10-6-9-21(19-22)13-12-20-7-2-1-3-8-20/h4-7,9-11,14,19H,1-3,8,15-18H2. The minimum absolute atomic E-state index is 0.0844. The van der Waals surface area contributed by atoms with Crippen LogP contribution in [0.15, 0.2) is 60.3 Å². The van der Waals surface area contributed by atoms with Crippen molar-refractivity contribution in [1.29, 1.82) is 0 Å². The van der Waals surface area contributed by atoms with E-state index in [0.717, 1.165) is 42.9 Å². The van der Waals surface area contributed by atoms with Crippen molar-refractivity contribution in [1.82, 2.24) is 9.88 Å². The van der Waals surface area contributed by atoms with Gasteiger partial charge >= 0.3 is 0 Å². The summed E-state index contributed by atoms with van der Waals surface area (Å²) in [5.74, 6) is 7.58. The second kappa shape index (κ2) is 8.75. The second-order valence-corrected chi connectivity index (χ2v) is 7.27. The number of aromatic nitrogens is 1. The molecule has 0 radical (unpaired) electrons. The Morgan fingerprint density at radius 1 is 0.964 bits per heavy atom. The summed E-state index contributed by atoms with van der Waals surface area (Å²) in [6.45, 7) is 3.02. The van der Waals surface area contributed by atoms with E-state index in [9.17, 15) is 4.79 Å². The van der Waals surface area contributed by atoms with Crippen molar-refractivity contribution in [3.8, 4) is 11.8 Å². The molecule has 0 atom stereocenters. The number of rotatable bonds is 2. The average molecular weight is 371 g/mol. The molecule has 1 fully saturated rings. The quantitative estimate of drug-likeness (QED) is 0.752. The number of benzene rings is 1. The molecular weight excluding hydrogens is 346 g/mol. The van der Waals surface area contributed by atoms with E-state index in [2.05, 4.69) is 27.8 Å². The fourth-order valence-corrected chi connectivity index (χ4v) is 3.70. The van der Waals surface area contributed by atoms with E-state index in [0.29, 0.717) is 13.1 Å². The van der Waals surface area contributed by atoms with Crippen LogP contribution in [0.2, 0.25) is 0 Å². The van der Waals surface area contributed by atoms with E-state index >= 15 is 0 Å². The predicted octanol–water partition coefficient (Wildman–Crippen LogP) is 3.90. The first-order valence-electron chi connectivity index (χ1n) is 10.1. The minimum atomic E-state index is 0.0844. The Kier molecular flexibility index (Phi) is 5.72. The molecule has 1 aliphatic carbocycles. The van der Waals surface area contributed by atoms with Gasteiger partial charge in [-0.05, 0) is 61.6 Å². The number of piperazine rings is 1. The maximum absolute atomic E-state index is 12.9. The number of hydrogen-bond acceptors (Lipinski definition) is 3. The van der Waals surface area contributed by atoms with E-state index in [1.54, 1.807) is 0 Å². The summed E-state index contributed by atoms with van der Waals surface area (Å²) in [7, 11) is 0. The third-order valence-corrected chi connectivity index (χ3v) is 5.31. The summed E-state index contributed by atoms with van der Waals surface area (Å²) in [4.78, 5) is 21.5. The molecule has 4 heteroatoms. The van der Waals surface area contributed by atoms with E-state index < -0.39 is 0 Å². The first kappa shape index (κ1) is 18.3. The van der Waals surface area contributed by atoms with Gasteiger partial charge in [0.1, 0.15) is 5.82 Å². The molecule has 2 aliphatic rings. The number of hydrogen-bond donors (Lipinski definition) is 0. The summed E-state index contributed by atoms with van der Waals surface area (Å²) in [5, 5.41) is 0. The number of allylic oxidation sites excluding steroid dienone is 2. The van der Waals surface area contributed by atoms with Crippen LogP contribution in [0.1, 0.15) is 41.6 Å². The van der Waals surface area contributed by atoms with E-state index in [4.69, 9.17) is 0 Å². The first-order chi connectivity index (χ1) is 13.8. The van der Waals surface area contributed by atoms with Crippen molar-refractivity contribution in [2.24, 2.45) is 0 Å². The first-order valence-corrected chi connectivity index (χ1v) is 10.1. The van der Waals surface area contributed by atoms with Crippen LogP contribution in [0.5, 0.6) is 0 Å². The van der Waals surface area contributed by atoms with Crippen LogP contribution in [0.4, 0.5) is 5.82 Å². The van der Waals surface area contributed by atoms with Gasteiger partial charge in [-0.2, -0.15) is 0 Å². The van der Waals surface area contributed by atoms with Gasteiger partial charge in [-0.15, -0.1) is 0 Å². The Morgan fingerprint density at radius 3 is 2.61 bits per heavy atom. The maximum atomic E-state index is 12.9.